The first-order valence-electron chi connectivity index (χ1n) is 5.36. The van der Waals surface area contributed by atoms with Gasteiger partial charge in [0.05, 0.1) is 0 Å². The summed E-state index contributed by atoms with van der Waals surface area (Å²) >= 11 is 0. The van der Waals surface area contributed by atoms with Crippen molar-refractivity contribution in [2.75, 3.05) is 11.4 Å². The highest BCUT2D eigenvalue weighted by Crippen LogP contribution is 2.26. The first kappa shape index (κ1) is 10.2. The zero-order chi connectivity index (χ0) is 10.8. The molecule has 0 aliphatic carbocycles. The van der Waals surface area contributed by atoms with E-state index in [1.165, 1.54) is 5.56 Å². The summed E-state index contributed by atoms with van der Waals surface area (Å²) in [6, 6.07) is 8.06. The molecule has 0 fully saturated rings. The molecule has 1 atom stereocenters. The van der Waals surface area contributed by atoms with Crippen LogP contribution >= 0.6 is 0 Å². The molecule has 1 aliphatic rings. The monoisotopic (exact) mass is 204 g/mol. The molecule has 15 heavy (non-hydrogen) atoms. The van der Waals surface area contributed by atoms with Gasteiger partial charge in [-0.1, -0.05) is 25.1 Å². The quantitative estimate of drug-likeness (QED) is 0.749. The number of hydrogen-bond donors (Lipinski definition) is 1. The van der Waals surface area contributed by atoms with Crippen LogP contribution in [0.1, 0.15) is 18.9 Å². The van der Waals surface area contributed by atoms with Crippen LogP contribution in [0.15, 0.2) is 24.3 Å². The SMILES string of the molecule is CCC(=O)N1CC(N)Cc2ccccc21. The van der Waals surface area contributed by atoms with E-state index >= 15 is 0 Å². The number of anilines is 1. The Labute approximate surface area is 89.9 Å². The lowest BCUT2D eigenvalue weighted by atomic mass is 9.98. The Bertz CT molecular complexity index is 376. The lowest BCUT2D eigenvalue weighted by Gasteiger charge is -2.32. The van der Waals surface area contributed by atoms with E-state index in [-0.39, 0.29) is 11.9 Å². The average molecular weight is 204 g/mol. The third-order valence-corrected chi connectivity index (χ3v) is 2.79. The summed E-state index contributed by atoms with van der Waals surface area (Å²) < 4.78 is 0. The van der Waals surface area contributed by atoms with Gasteiger partial charge in [-0.2, -0.15) is 0 Å². The highest BCUT2D eigenvalue weighted by Gasteiger charge is 2.24. The number of fused-ring (bicyclic) bond motifs is 1. The van der Waals surface area contributed by atoms with Gasteiger partial charge >= 0.3 is 0 Å². The van der Waals surface area contributed by atoms with Gasteiger partial charge in [0.15, 0.2) is 0 Å². The number of amides is 1. The first-order chi connectivity index (χ1) is 7.22. The van der Waals surface area contributed by atoms with Crippen molar-refractivity contribution in [1.29, 1.82) is 0 Å². The van der Waals surface area contributed by atoms with E-state index in [9.17, 15) is 4.79 Å². The number of carbonyl (C=O) groups excluding carboxylic acids is 1. The van der Waals surface area contributed by atoms with Gasteiger partial charge in [0.1, 0.15) is 0 Å². The molecule has 1 aliphatic heterocycles. The third-order valence-electron chi connectivity index (χ3n) is 2.79. The number of para-hydroxylation sites is 1. The second-order valence-corrected chi connectivity index (χ2v) is 3.95. The lowest BCUT2D eigenvalue weighted by molar-refractivity contribution is -0.118. The van der Waals surface area contributed by atoms with E-state index in [1.807, 2.05) is 36.1 Å². The van der Waals surface area contributed by atoms with Gasteiger partial charge < -0.3 is 10.6 Å². The first-order valence-corrected chi connectivity index (χ1v) is 5.36. The third kappa shape index (κ3) is 1.88. The van der Waals surface area contributed by atoms with Crippen molar-refractivity contribution in [3.8, 4) is 0 Å². The number of benzene rings is 1. The highest BCUT2D eigenvalue weighted by atomic mass is 16.2. The fourth-order valence-electron chi connectivity index (χ4n) is 2.05. The van der Waals surface area contributed by atoms with Crippen molar-refractivity contribution in [3.05, 3.63) is 29.8 Å². The second-order valence-electron chi connectivity index (χ2n) is 3.95. The van der Waals surface area contributed by atoms with Crippen molar-refractivity contribution in [1.82, 2.24) is 0 Å². The molecular weight excluding hydrogens is 188 g/mol. The van der Waals surface area contributed by atoms with Crippen molar-refractivity contribution in [2.24, 2.45) is 5.73 Å². The average Bonchev–Trinajstić information content (AvgIpc) is 2.26. The van der Waals surface area contributed by atoms with Crippen LogP contribution in [0.5, 0.6) is 0 Å². The minimum Gasteiger partial charge on any atom is -0.326 e. The number of nitrogens with zero attached hydrogens (tertiary/aromatic N) is 1. The van der Waals surface area contributed by atoms with Crippen LogP contribution in [0.3, 0.4) is 0 Å². The highest BCUT2D eigenvalue weighted by molar-refractivity contribution is 5.94. The fourth-order valence-corrected chi connectivity index (χ4v) is 2.05. The molecule has 3 heteroatoms. The second kappa shape index (κ2) is 4.03. The lowest BCUT2D eigenvalue weighted by Crippen LogP contribution is -2.46. The summed E-state index contributed by atoms with van der Waals surface area (Å²) in [4.78, 5) is 13.6. The van der Waals surface area contributed by atoms with E-state index in [1.54, 1.807) is 0 Å². The Hall–Kier alpha value is -1.35. The van der Waals surface area contributed by atoms with Crippen LogP contribution in [0, 0.1) is 0 Å². The predicted octanol–water partition coefficient (Wildman–Crippen LogP) is 1.31. The van der Waals surface area contributed by atoms with E-state index in [0.29, 0.717) is 13.0 Å². The molecule has 1 amide bonds. The molecule has 1 aromatic rings. The molecule has 0 spiro atoms. The van der Waals surface area contributed by atoms with Crippen molar-refractivity contribution in [2.45, 2.75) is 25.8 Å². The Kier molecular flexibility index (Phi) is 2.73. The maximum absolute atomic E-state index is 11.7. The number of nitrogens with two attached hydrogens (primary N) is 1. The summed E-state index contributed by atoms with van der Waals surface area (Å²) in [5, 5.41) is 0. The predicted molar refractivity (Wildman–Crippen MR) is 60.8 cm³/mol. The topological polar surface area (TPSA) is 46.3 Å². The number of rotatable bonds is 1. The molecule has 0 saturated carbocycles. The molecule has 0 aromatic heterocycles. The summed E-state index contributed by atoms with van der Waals surface area (Å²) in [6.07, 6.45) is 1.39. The maximum atomic E-state index is 11.7. The van der Waals surface area contributed by atoms with Crippen molar-refractivity contribution in [3.63, 3.8) is 0 Å². The van der Waals surface area contributed by atoms with Crippen LogP contribution in [0.25, 0.3) is 0 Å². The van der Waals surface area contributed by atoms with Gasteiger partial charge in [0.2, 0.25) is 5.91 Å². The van der Waals surface area contributed by atoms with Gasteiger partial charge in [-0.15, -0.1) is 0 Å². The van der Waals surface area contributed by atoms with Gasteiger partial charge in [-0.3, -0.25) is 4.79 Å². The van der Waals surface area contributed by atoms with E-state index < -0.39 is 0 Å². The van der Waals surface area contributed by atoms with E-state index in [2.05, 4.69) is 0 Å². The van der Waals surface area contributed by atoms with Crippen LogP contribution in [0.4, 0.5) is 5.69 Å². The molecule has 2 rings (SSSR count). The molecule has 0 bridgehead atoms. The van der Waals surface area contributed by atoms with E-state index in [4.69, 9.17) is 5.73 Å². The standard InChI is InChI=1S/C12H16N2O/c1-2-12(15)14-8-10(13)7-9-5-3-4-6-11(9)14/h3-6,10H,2,7-8,13H2,1H3. The van der Waals surface area contributed by atoms with Gasteiger partial charge in [-0.05, 0) is 18.1 Å². The minimum atomic E-state index is 0.0652. The van der Waals surface area contributed by atoms with E-state index in [0.717, 1.165) is 12.1 Å². The number of carbonyl (C=O) groups is 1. The Morgan fingerprint density at radius 3 is 3.00 bits per heavy atom. The van der Waals surface area contributed by atoms with Crippen LogP contribution in [0.2, 0.25) is 0 Å². The Balaban J connectivity index is 2.38. The molecule has 2 N–H and O–H groups in total. The molecule has 0 radical (unpaired) electrons. The van der Waals surface area contributed by atoms with Crippen molar-refractivity contribution < 1.29 is 4.79 Å². The smallest absolute Gasteiger partial charge is 0.226 e. The molecule has 1 aromatic carbocycles. The summed E-state index contributed by atoms with van der Waals surface area (Å²) in [5.41, 5.74) is 8.15. The molecular formula is C12H16N2O. The fraction of sp³-hybridized carbons (Fsp3) is 0.417. The molecule has 1 unspecified atom stereocenters. The normalized spacial score (nSPS) is 19.9. The van der Waals surface area contributed by atoms with Crippen LogP contribution < -0.4 is 10.6 Å². The number of hydrogen-bond acceptors (Lipinski definition) is 2. The molecule has 1 heterocycles. The zero-order valence-corrected chi connectivity index (χ0v) is 8.94. The largest absolute Gasteiger partial charge is 0.326 e. The minimum absolute atomic E-state index is 0.0652. The van der Waals surface area contributed by atoms with Gasteiger partial charge in [0.25, 0.3) is 0 Å². The Morgan fingerprint density at radius 1 is 1.53 bits per heavy atom. The van der Waals surface area contributed by atoms with Crippen LogP contribution in [-0.2, 0) is 11.2 Å². The van der Waals surface area contributed by atoms with Crippen LogP contribution in [-0.4, -0.2) is 18.5 Å². The van der Waals surface area contributed by atoms with Crippen molar-refractivity contribution >= 4 is 11.6 Å². The van der Waals surface area contributed by atoms with Gasteiger partial charge in [0, 0.05) is 24.7 Å². The Morgan fingerprint density at radius 2 is 2.27 bits per heavy atom. The van der Waals surface area contributed by atoms with Gasteiger partial charge in [-0.25, -0.2) is 0 Å². The summed E-state index contributed by atoms with van der Waals surface area (Å²) in [5.74, 6) is 0.151. The molecule has 3 nitrogen and oxygen atoms in total. The molecule has 0 saturated heterocycles. The maximum Gasteiger partial charge on any atom is 0.226 e. The summed E-state index contributed by atoms with van der Waals surface area (Å²) in [6.45, 7) is 2.52. The molecule has 80 valence electrons. The zero-order valence-electron chi connectivity index (χ0n) is 8.94. The summed E-state index contributed by atoms with van der Waals surface area (Å²) in [7, 11) is 0.